The summed E-state index contributed by atoms with van der Waals surface area (Å²) < 4.78 is 10.4. The highest BCUT2D eigenvalue weighted by atomic mass is 32.1. The van der Waals surface area contributed by atoms with Gasteiger partial charge in [0.25, 0.3) is 0 Å². The Hall–Kier alpha value is -2.28. The Morgan fingerprint density at radius 2 is 2.14 bits per heavy atom. The zero-order chi connectivity index (χ0) is 14.9. The van der Waals surface area contributed by atoms with Crippen molar-refractivity contribution in [2.24, 2.45) is 0 Å². The molecule has 2 rings (SSSR count). The predicted molar refractivity (Wildman–Crippen MR) is 81.3 cm³/mol. The molecule has 1 aromatic carbocycles. The number of alkyl carbamates (subject to hydrolysis) is 1. The number of amides is 1. The first-order chi connectivity index (χ1) is 10.2. The zero-order valence-corrected chi connectivity index (χ0v) is 12.3. The van der Waals surface area contributed by atoms with E-state index in [0.29, 0.717) is 30.6 Å². The van der Waals surface area contributed by atoms with Gasteiger partial charge in [0.05, 0.1) is 12.0 Å². The Kier molecular flexibility index (Phi) is 5.83. The molecule has 0 bridgehead atoms. The van der Waals surface area contributed by atoms with E-state index in [-0.39, 0.29) is 6.61 Å². The highest BCUT2D eigenvalue weighted by Gasteiger charge is 2.02. The molecule has 0 spiro atoms. The van der Waals surface area contributed by atoms with E-state index < -0.39 is 6.09 Å². The van der Waals surface area contributed by atoms with Crippen molar-refractivity contribution < 1.29 is 14.3 Å². The molecule has 1 aromatic heterocycles. The number of nitrogens with two attached hydrogens (primary N) is 1. The molecule has 1 heterocycles. The van der Waals surface area contributed by atoms with Crippen LogP contribution in [0.4, 0.5) is 9.93 Å². The van der Waals surface area contributed by atoms with Crippen molar-refractivity contribution in [1.29, 1.82) is 0 Å². The molecule has 0 radical (unpaired) electrons. The first-order valence-corrected chi connectivity index (χ1v) is 7.40. The monoisotopic (exact) mass is 307 g/mol. The van der Waals surface area contributed by atoms with Gasteiger partial charge in [-0.3, -0.25) is 0 Å². The summed E-state index contributed by atoms with van der Waals surface area (Å²) in [6, 6.07) is 9.53. The molecular formula is C14H17N3O3S. The van der Waals surface area contributed by atoms with Crippen LogP contribution in [0.1, 0.15) is 12.0 Å². The maximum atomic E-state index is 11.5. The highest BCUT2D eigenvalue weighted by molar-refractivity contribution is 7.13. The molecule has 0 saturated carbocycles. The SMILES string of the molecule is Nc1nc(OCCCNC(=O)OCc2ccccc2)cs1. The Morgan fingerprint density at radius 1 is 1.33 bits per heavy atom. The fourth-order valence-electron chi connectivity index (χ4n) is 1.55. The summed E-state index contributed by atoms with van der Waals surface area (Å²) in [6.07, 6.45) is 0.231. The van der Waals surface area contributed by atoms with Crippen LogP contribution in [0.25, 0.3) is 0 Å². The van der Waals surface area contributed by atoms with Gasteiger partial charge in [-0.05, 0) is 12.0 Å². The first kappa shape index (κ1) is 15.1. The van der Waals surface area contributed by atoms with Gasteiger partial charge >= 0.3 is 6.09 Å². The lowest BCUT2D eigenvalue weighted by molar-refractivity contribution is 0.139. The van der Waals surface area contributed by atoms with Crippen LogP contribution in [0.2, 0.25) is 0 Å². The van der Waals surface area contributed by atoms with Gasteiger partial charge in [-0.1, -0.05) is 30.3 Å². The smallest absolute Gasteiger partial charge is 0.407 e. The number of nitrogen functional groups attached to an aromatic ring is 1. The summed E-state index contributed by atoms with van der Waals surface area (Å²) in [5, 5.41) is 4.89. The average molecular weight is 307 g/mol. The molecule has 0 saturated heterocycles. The summed E-state index contributed by atoms with van der Waals surface area (Å²) in [7, 11) is 0. The molecule has 112 valence electrons. The number of aromatic nitrogens is 1. The van der Waals surface area contributed by atoms with Gasteiger partial charge in [0, 0.05) is 6.54 Å². The van der Waals surface area contributed by atoms with Crippen molar-refractivity contribution in [3.05, 3.63) is 41.3 Å². The van der Waals surface area contributed by atoms with E-state index in [1.165, 1.54) is 11.3 Å². The minimum absolute atomic E-state index is 0.265. The van der Waals surface area contributed by atoms with Gasteiger partial charge in [0.2, 0.25) is 5.88 Å². The molecule has 3 N–H and O–H groups in total. The summed E-state index contributed by atoms with van der Waals surface area (Å²) in [6.45, 7) is 1.21. The molecule has 0 fully saturated rings. The summed E-state index contributed by atoms with van der Waals surface area (Å²) in [5.41, 5.74) is 6.44. The Bertz CT molecular complexity index is 560. The van der Waals surface area contributed by atoms with Gasteiger partial charge in [0.15, 0.2) is 5.13 Å². The van der Waals surface area contributed by atoms with Gasteiger partial charge in [-0.2, -0.15) is 4.98 Å². The molecule has 2 aromatic rings. The average Bonchev–Trinajstić information content (AvgIpc) is 2.91. The number of carbonyl (C=O) groups excluding carboxylic acids is 1. The largest absolute Gasteiger partial charge is 0.477 e. The Labute approximate surface area is 126 Å². The van der Waals surface area contributed by atoms with E-state index in [0.717, 1.165) is 5.56 Å². The maximum absolute atomic E-state index is 11.5. The number of hydrogen-bond acceptors (Lipinski definition) is 6. The van der Waals surface area contributed by atoms with E-state index in [1.54, 1.807) is 5.38 Å². The van der Waals surface area contributed by atoms with Crippen LogP contribution in [-0.2, 0) is 11.3 Å². The molecule has 0 aliphatic heterocycles. The van der Waals surface area contributed by atoms with Gasteiger partial charge < -0.3 is 20.5 Å². The van der Waals surface area contributed by atoms with Crippen molar-refractivity contribution in [1.82, 2.24) is 10.3 Å². The van der Waals surface area contributed by atoms with Crippen molar-refractivity contribution in [2.45, 2.75) is 13.0 Å². The second-order valence-corrected chi connectivity index (χ2v) is 5.10. The van der Waals surface area contributed by atoms with Crippen LogP contribution in [-0.4, -0.2) is 24.2 Å². The summed E-state index contributed by atoms with van der Waals surface area (Å²) >= 11 is 1.33. The third-order valence-electron chi connectivity index (χ3n) is 2.55. The van der Waals surface area contributed by atoms with Crippen LogP contribution in [0, 0.1) is 0 Å². The number of hydrogen-bond donors (Lipinski definition) is 2. The number of rotatable bonds is 7. The number of benzene rings is 1. The number of anilines is 1. The number of ether oxygens (including phenoxy) is 2. The normalized spacial score (nSPS) is 10.1. The minimum Gasteiger partial charge on any atom is -0.477 e. The fourth-order valence-corrected chi connectivity index (χ4v) is 2.04. The van der Waals surface area contributed by atoms with Crippen molar-refractivity contribution >= 4 is 22.6 Å². The molecule has 6 nitrogen and oxygen atoms in total. The van der Waals surface area contributed by atoms with Crippen molar-refractivity contribution in [3.63, 3.8) is 0 Å². The van der Waals surface area contributed by atoms with Crippen molar-refractivity contribution in [2.75, 3.05) is 18.9 Å². The second kappa shape index (κ2) is 8.11. The van der Waals surface area contributed by atoms with Gasteiger partial charge in [-0.15, -0.1) is 11.3 Å². The van der Waals surface area contributed by atoms with E-state index in [9.17, 15) is 4.79 Å². The van der Waals surface area contributed by atoms with E-state index >= 15 is 0 Å². The molecule has 0 atom stereocenters. The van der Waals surface area contributed by atoms with Crippen LogP contribution in [0.3, 0.4) is 0 Å². The quantitative estimate of drug-likeness (QED) is 0.767. The van der Waals surface area contributed by atoms with E-state index in [4.69, 9.17) is 15.2 Å². The fraction of sp³-hybridized carbons (Fsp3) is 0.286. The topological polar surface area (TPSA) is 86.5 Å². The maximum Gasteiger partial charge on any atom is 0.407 e. The lowest BCUT2D eigenvalue weighted by atomic mass is 10.2. The van der Waals surface area contributed by atoms with Crippen LogP contribution in [0.15, 0.2) is 35.7 Å². The van der Waals surface area contributed by atoms with Crippen LogP contribution < -0.4 is 15.8 Å². The molecule has 21 heavy (non-hydrogen) atoms. The predicted octanol–water partition coefficient (Wildman–Crippen LogP) is 2.42. The third kappa shape index (κ3) is 5.70. The van der Waals surface area contributed by atoms with E-state index in [2.05, 4.69) is 10.3 Å². The summed E-state index contributed by atoms with van der Waals surface area (Å²) in [4.78, 5) is 15.4. The molecule has 0 aliphatic rings. The number of thiazole rings is 1. The number of nitrogens with zero attached hydrogens (tertiary/aromatic N) is 1. The lowest BCUT2D eigenvalue weighted by Crippen LogP contribution is -2.26. The molecule has 1 amide bonds. The Balaban J connectivity index is 1.53. The van der Waals surface area contributed by atoms with Gasteiger partial charge in [0.1, 0.15) is 6.61 Å². The number of nitrogens with one attached hydrogen (secondary N) is 1. The summed E-state index contributed by atoms with van der Waals surface area (Å²) in [5.74, 6) is 0.518. The van der Waals surface area contributed by atoms with Crippen molar-refractivity contribution in [3.8, 4) is 5.88 Å². The lowest BCUT2D eigenvalue weighted by Gasteiger charge is -2.07. The molecule has 0 aliphatic carbocycles. The molecule has 7 heteroatoms. The van der Waals surface area contributed by atoms with Crippen LogP contribution in [0.5, 0.6) is 5.88 Å². The van der Waals surface area contributed by atoms with E-state index in [1.807, 2.05) is 30.3 Å². The second-order valence-electron chi connectivity index (χ2n) is 4.21. The first-order valence-electron chi connectivity index (χ1n) is 6.52. The Morgan fingerprint density at radius 3 is 2.86 bits per heavy atom. The molecular weight excluding hydrogens is 290 g/mol. The standard InChI is InChI=1S/C14H17N3O3S/c15-13-17-12(10-21-13)19-8-4-7-16-14(18)20-9-11-5-2-1-3-6-11/h1-3,5-6,10H,4,7-9H2,(H2,15,17)(H,16,18). The minimum atomic E-state index is -0.434. The zero-order valence-electron chi connectivity index (χ0n) is 11.5. The van der Waals surface area contributed by atoms with Gasteiger partial charge in [-0.25, -0.2) is 4.79 Å². The highest BCUT2D eigenvalue weighted by Crippen LogP contribution is 2.17. The number of carbonyl (C=O) groups is 1. The third-order valence-corrected chi connectivity index (χ3v) is 3.21. The molecule has 0 unspecified atom stereocenters. The van der Waals surface area contributed by atoms with Crippen LogP contribution >= 0.6 is 11.3 Å².